The summed E-state index contributed by atoms with van der Waals surface area (Å²) in [5.74, 6) is -0.514. The van der Waals surface area contributed by atoms with E-state index >= 15 is 0 Å². The summed E-state index contributed by atoms with van der Waals surface area (Å²) in [4.78, 5) is 29.1. The molecule has 0 aliphatic heterocycles. The van der Waals surface area contributed by atoms with Crippen LogP contribution < -0.4 is 11.1 Å². The average molecular weight is 375 g/mol. The second-order valence-electron chi connectivity index (χ2n) is 7.92. The molecule has 1 aliphatic carbocycles. The predicted molar refractivity (Wildman–Crippen MR) is 109 cm³/mol. The van der Waals surface area contributed by atoms with Crippen molar-refractivity contribution in [1.29, 1.82) is 0 Å². The molecule has 0 saturated heterocycles. The summed E-state index contributed by atoms with van der Waals surface area (Å²) in [7, 11) is 3.95. The number of carbonyl (C=O) groups excluding carboxylic acids is 2. The van der Waals surface area contributed by atoms with E-state index in [1.165, 1.54) is 19.3 Å². The third kappa shape index (κ3) is 6.96. The lowest BCUT2D eigenvalue weighted by Crippen LogP contribution is -2.45. The highest BCUT2D eigenvalue weighted by Crippen LogP contribution is 2.24. The molecule has 0 heterocycles. The van der Waals surface area contributed by atoms with E-state index < -0.39 is 11.8 Å². The molecule has 1 saturated carbocycles. The fourth-order valence-corrected chi connectivity index (χ4v) is 3.48. The molecule has 6 heteroatoms. The lowest BCUT2D eigenvalue weighted by Gasteiger charge is -2.30. The van der Waals surface area contributed by atoms with Gasteiger partial charge in [-0.25, -0.2) is 0 Å². The number of nitrogens with two attached hydrogens (primary N) is 1. The molecule has 2 rings (SSSR count). The van der Waals surface area contributed by atoms with Gasteiger partial charge < -0.3 is 20.9 Å². The van der Waals surface area contributed by atoms with Crippen molar-refractivity contribution in [3.05, 3.63) is 29.8 Å². The standard InChI is InChI=1S/C21H34N4O2/c1-16(22)18-9-11-19(12-10-18)23-20(26)21(27)25(14-13-24(2)3)15-17-7-5-4-6-8-17/h9-12,16-17H,4-8,13-15,22H2,1-3H3,(H,23,26). The van der Waals surface area contributed by atoms with Gasteiger partial charge in [0.2, 0.25) is 0 Å². The third-order valence-corrected chi connectivity index (χ3v) is 5.20. The lowest BCUT2D eigenvalue weighted by atomic mass is 9.89. The molecular weight excluding hydrogens is 340 g/mol. The van der Waals surface area contributed by atoms with E-state index in [9.17, 15) is 9.59 Å². The largest absolute Gasteiger partial charge is 0.333 e. The fraction of sp³-hybridized carbons (Fsp3) is 0.619. The summed E-state index contributed by atoms with van der Waals surface area (Å²) in [5, 5.41) is 2.73. The molecule has 0 radical (unpaired) electrons. The Morgan fingerprint density at radius 3 is 2.30 bits per heavy atom. The summed E-state index contributed by atoms with van der Waals surface area (Å²) in [6.45, 7) is 3.89. The van der Waals surface area contributed by atoms with Gasteiger partial charge in [-0.15, -0.1) is 0 Å². The van der Waals surface area contributed by atoms with Crippen molar-refractivity contribution >= 4 is 17.5 Å². The Bertz CT molecular complexity index is 607. The summed E-state index contributed by atoms with van der Waals surface area (Å²) in [6.07, 6.45) is 6.01. The van der Waals surface area contributed by atoms with Crippen LogP contribution in [0.1, 0.15) is 50.6 Å². The molecule has 6 nitrogen and oxygen atoms in total. The summed E-state index contributed by atoms with van der Waals surface area (Å²) >= 11 is 0. The van der Waals surface area contributed by atoms with Gasteiger partial charge in [-0.1, -0.05) is 31.4 Å². The molecule has 2 amide bonds. The third-order valence-electron chi connectivity index (χ3n) is 5.20. The van der Waals surface area contributed by atoms with Gasteiger partial charge in [0, 0.05) is 31.4 Å². The van der Waals surface area contributed by atoms with Gasteiger partial charge in [0.1, 0.15) is 0 Å². The highest BCUT2D eigenvalue weighted by molar-refractivity contribution is 6.39. The van der Waals surface area contributed by atoms with Crippen LogP contribution in [0.4, 0.5) is 5.69 Å². The molecule has 3 N–H and O–H groups in total. The van der Waals surface area contributed by atoms with E-state index in [0.717, 1.165) is 24.9 Å². The quantitative estimate of drug-likeness (QED) is 0.719. The molecule has 1 fully saturated rings. The first-order valence-corrected chi connectivity index (χ1v) is 9.97. The molecule has 1 unspecified atom stereocenters. The maximum Gasteiger partial charge on any atom is 0.313 e. The minimum absolute atomic E-state index is 0.0617. The second kappa shape index (κ2) is 10.4. The zero-order valence-electron chi connectivity index (χ0n) is 16.9. The maximum absolute atomic E-state index is 12.8. The van der Waals surface area contributed by atoms with Gasteiger partial charge in [0.25, 0.3) is 0 Å². The summed E-state index contributed by atoms with van der Waals surface area (Å²) < 4.78 is 0. The number of likely N-dealkylation sites (N-methyl/N-ethyl adjacent to an activating group) is 1. The van der Waals surface area contributed by atoms with E-state index in [1.807, 2.05) is 38.1 Å². The van der Waals surface area contributed by atoms with Crippen LogP contribution in [-0.2, 0) is 9.59 Å². The Kier molecular flexibility index (Phi) is 8.25. The van der Waals surface area contributed by atoms with Crippen molar-refractivity contribution in [2.75, 3.05) is 39.0 Å². The zero-order chi connectivity index (χ0) is 19.8. The number of hydrogen-bond donors (Lipinski definition) is 2. The minimum atomic E-state index is -0.571. The molecule has 0 spiro atoms. The number of carbonyl (C=O) groups is 2. The number of nitrogens with one attached hydrogen (secondary N) is 1. The number of nitrogens with zero attached hydrogens (tertiary/aromatic N) is 2. The normalized spacial score (nSPS) is 16.2. The van der Waals surface area contributed by atoms with Gasteiger partial charge >= 0.3 is 11.8 Å². The Hall–Kier alpha value is -1.92. The zero-order valence-corrected chi connectivity index (χ0v) is 16.9. The van der Waals surface area contributed by atoms with E-state index in [4.69, 9.17) is 5.73 Å². The number of benzene rings is 1. The average Bonchev–Trinajstić information content (AvgIpc) is 2.65. The highest BCUT2D eigenvalue weighted by atomic mass is 16.2. The van der Waals surface area contributed by atoms with E-state index in [1.54, 1.807) is 17.0 Å². The Balaban J connectivity index is 1.99. The number of rotatable bonds is 7. The topological polar surface area (TPSA) is 78.7 Å². The highest BCUT2D eigenvalue weighted by Gasteiger charge is 2.25. The summed E-state index contributed by atoms with van der Waals surface area (Å²) in [5.41, 5.74) is 7.45. The Morgan fingerprint density at radius 1 is 1.11 bits per heavy atom. The van der Waals surface area contributed by atoms with Gasteiger partial charge in [-0.2, -0.15) is 0 Å². The first kappa shape index (κ1) is 21.4. The van der Waals surface area contributed by atoms with Gasteiger partial charge in [0.15, 0.2) is 0 Å². The van der Waals surface area contributed by atoms with E-state index in [-0.39, 0.29) is 6.04 Å². The van der Waals surface area contributed by atoms with Crippen molar-refractivity contribution < 1.29 is 9.59 Å². The molecule has 1 aliphatic rings. The van der Waals surface area contributed by atoms with Crippen LogP contribution in [0.3, 0.4) is 0 Å². The van der Waals surface area contributed by atoms with Crippen molar-refractivity contribution in [3.63, 3.8) is 0 Å². The van der Waals surface area contributed by atoms with E-state index in [0.29, 0.717) is 24.7 Å². The monoisotopic (exact) mass is 374 g/mol. The van der Waals surface area contributed by atoms with Crippen LogP contribution in [-0.4, -0.2) is 55.3 Å². The molecule has 1 aromatic carbocycles. The molecule has 27 heavy (non-hydrogen) atoms. The molecule has 1 aromatic rings. The Labute approximate surface area is 163 Å². The molecule has 0 aromatic heterocycles. The van der Waals surface area contributed by atoms with Gasteiger partial charge in [-0.3, -0.25) is 9.59 Å². The van der Waals surface area contributed by atoms with Crippen molar-refractivity contribution in [2.45, 2.75) is 45.1 Å². The lowest BCUT2D eigenvalue weighted by molar-refractivity contribution is -0.143. The fourth-order valence-electron chi connectivity index (χ4n) is 3.48. The van der Waals surface area contributed by atoms with E-state index in [2.05, 4.69) is 5.32 Å². The first-order valence-electron chi connectivity index (χ1n) is 9.97. The number of amides is 2. The van der Waals surface area contributed by atoms with Crippen LogP contribution in [0.15, 0.2) is 24.3 Å². The van der Waals surface area contributed by atoms with Crippen LogP contribution in [0.2, 0.25) is 0 Å². The second-order valence-corrected chi connectivity index (χ2v) is 7.92. The number of anilines is 1. The SMILES string of the molecule is CC(N)c1ccc(NC(=O)C(=O)N(CCN(C)C)CC2CCCCC2)cc1. The van der Waals surface area contributed by atoms with Crippen LogP contribution in [0.5, 0.6) is 0 Å². The van der Waals surface area contributed by atoms with Crippen molar-refractivity contribution in [3.8, 4) is 0 Å². The predicted octanol–water partition coefficient (Wildman–Crippen LogP) is 2.62. The van der Waals surface area contributed by atoms with Crippen molar-refractivity contribution in [1.82, 2.24) is 9.80 Å². The molecule has 1 atom stereocenters. The number of hydrogen-bond acceptors (Lipinski definition) is 4. The van der Waals surface area contributed by atoms with Gasteiger partial charge in [0.05, 0.1) is 0 Å². The summed E-state index contributed by atoms with van der Waals surface area (Å²) in [6, 6.07) is 7.26. The molecular formula is C21H34N4O2. The maximum atomic E-state index is 12.8. The molecule has 150 valence electrons. The van der Waals surface area contributed by atoms with Crippen LogP contribution in [0, 0.1) is 5.92 Å². The Morgan fingerprint density at radius 2 is 1.74 bits per heavy atom. The van der Waals surface area contributed by atoms with Crippen LogP contribution in [0.25, 0.3) is 0 Å². The van der Waals surface area contributed by atoms with Crippen molar-refractivity contribution in [2.24, 2.45) is 11.7 Å². The van der Waals surface area contributed by atoms with Crippen LogP contribution >= 0.6 is 0 Å². The molecule has 0 bridgehead atoms. The minimum Gasteiger partial charge on any atom is -0.333 e. The van der Waals surface area contributed by atoms with Gasteiger partial charge in [-0.05, 0) is 57.5 Å². The first-order chi connectivity index (χ1) is 12.9. The smallest absolute Gasteiger partial charge is 0.313 e.